The third kappa shape index (κ3) is 6.35. The number of ether oxygens (including phenoxy) is 1. The minimum Gasteiger partial charge on any atom is -0.379 e. The third-order valence-electron chi connectivity index (χ3n) is 4.85. The topological polar surface area (TPSA) is 66.7 Å². The number of nitrogens with zero attached hydrogens (tertiary/aromatic N) is 4. The molecule has 1 unspecified atom stereocenters. The quantitative estimate of drug-likeness (QED) is 0.393. The van der Waals surface area contributed by atoms with Crippen molar-refractivity contribution in [1.82, 2.24) is 25.3 Å². The van der Waals surface area contributed by atoms with Crippen molar-refractivity contribution >= 4 is 5.96 Å². The Morgan fingerprint density at radius 3 is 2.71 bits per heavy atom. The van der Waals surface area contributed by atoms with E-state index in [9.17, 15) is 0 Å². The van der Waals surface area contributed by atoms with Crippen LogP contribution in [0.5, 0.6) is 0 Å². The molecule has 0 amide bonds. The molecule has 1 aliphatic heterocycles. The van der Waals surface area contributed by atoms with Gasteiger partial charge in [0.25, 0.3) is 0 Å². The van der Waals surface area contributed by atoms with E-state index in [1.165, 1.54) is 5.56 Å². The van der Waals surface area contributed by atoms with E-state index in [-0.39, 0.29) is 6.04 Å². The number of morpholine rings is 1. The molecule has 1 aromatic carbocycles. The molecule has 1 fully saturated rings. The number of aromatic nitrogens is 2. The van der Waals surface area contributed by atoms with Gasteiger partial charge in [0.1, 0.15) is 0 Å². The van der Waals surface area contributed by atoms with Gasteiger partial charge in [-0.05, 0) is 25.0 Å². The molecule has 0 spiro atoms. The molecule has 0 saturated carbocycles. The van der Waals surface area contributed by atoms with Crippen LogP contribution in [0.3, 0.4) is 0 Å². The Hall–Kier alpha value is -2.38. The van der Waals surface area contributed by atoms with E-state index in [1.54, 1.807) is 0 Å². The molecule has 1 aromatic heterocycles. The van der Waals surface area contributed by atoms with Crippen molar-refractivity contribution in [3.05, 3.63) is 54.4 Å². The lowest BCUT2D eigenvalue weighted by molar-refractivity contribution is 0.0179. The Balaban J connectivity index is 1.58. The van der Waals surface area contributed by atoms with Crippen molar-refractivity contribution in [1.29, 1.82) is 0 Å². The first-order valence-corrected chi connectivity index (χ1v) is 10.2. The normalized spacial score (nSPS) is 16.7. The molecule has 1 saturated heterocycles. The summed E-state index contributed by atoms with van der Waals surface area (Å²) in [5, 5.41) is 11.0. The van der Waals surface area contributed by atoms with Gasteiger partial charge < -0.3 is 15.4 Å². The maximum absolute atomic E-state index is 5.54. The number of guanidine groups is 1. The fourth-order valence-corrected chi connectivity index (χ4v) is 3.40. The molecule has 28 heavy (non-hydrogen) atoms. The van der Waals surface area contributed by atoms with Crippen LogP contribution in [0.2, 0.25) is 0 Å². The fraction of sp³-hybridized carbons (Fsp3) is 0.524. The van der Waals surface area contributed by atoms with Crippen molar-refractivity contribution in [3.63, 3.8) is 0 Å². The first kappa shape index (κ1) is 20.4. The zero-order valence-electron chi connectivity index (χ0n) is 16.8. The SMILES string of the molecule is CCNC(=NCC(c1ccccc1)N1CCOCC1)NCCCn1cccn1. The highest BCUT2D eigenvalue weighted by atomic mass is 16.5. The van der Waals surface area contributed by atoms with Crippen LogP contribution in [0.15, 0.2) is 53.8 Å². The largest absolute Gasteiger partial charge is 0.379 e. The Labute approximate surface area is 167 Å². The second-order valence-corrected chi connectivity index (χ2v) is 6.84. The van der Waals surface area contributed by atoms with Crippen molar-refractivity contribution in [2.75, 3.05) is 45.9 Å². The fourth-order valence-electron chi connectivity index (χ4n) is 3.40. The summed E-state index contributed by atoms with van der Waals surface area (Å²) >= 11 is 0. The van der Waals surface area contributed by atoms with Crippen molar-refractivity contribution in [3.8, 4) is 0 Å². The average Bonchev–Trinajstić information content (AvgIpc) is 3.26. The van der Waals surface area contributed by atoms with Crippen LogP contribution >= 0.6 is 0 Å². The van der Waals surface area contributed by atoms with E-state index in [2.05, 4.69) is 57.9 Å². The third-order valence-corrected chi connectivity index (χ3v) is 4.85. The van der Waals surface area contributed by atoms with Crippen LogP contribution in [0.1, 0.15) is 24.9 Å². The van der Waals surface area contributed by atoms with E-state index in [0.717, 1.165) is 64.9 Å². The summed E-state index contributed by atoms with van der Waals surface area (Å²) in [5.41, 5.74) is 1.31. The summed E-state index contributed by atoms with van der Waals surface area (Å²) in [6.45, 7) is 8.90. The molecule has 7 nitrogen and oxygen atoms in total. The summed E-state index contributed by atoms with van der Waals surface area (Å²) in [7, 11) is 0. The highest BCUT2D eigenvalue weighted by molar-refractivity contribution is 5.79. The van der Waals surface area contributed by atoms with Crippen LogP contribution in [0, 0.1) is 0 Å². The molecule has 0 aliphatic carbocycles. The van der Waals surface area contributed by atoms with Crippen LogP contribution < -0.4 is 10.6 Å². The maximum atomic E-state index is 5.54. The lowest BCUT2D eigenvalue weighted by atomic mass is 10.1. The minimum atomic E-state index is 0.268. The number of benzene rings is 1. The van der Waals surface area contributed by atoms with E-state index in [1.807, 2.05) is 23.1 Å². The van der Waals surface area contributed by atoms with Crippen molar-refractivity contribution in [2.24, 2.45) is 4.99 Å². The molecular formula is C21H32N6O. The number of nitrogens with one attached hydrogen (secondary N) is 2. The van der Waals surface area contributed by atoms with Gasteiger partial charge >= 0.3 is 0 Å². The molecule has 0 bridgehead atoms. The smallest absolute Gasteiger partial charge is 0.191 e. The Kier molecular flexibility index (Phi) is 8.33. The maximum Gasteiger partial charge on any atom is 0.191 e. The van der Waals surface area contributed by atoms with Gasteiger partial charge in [-0.15, -0.1) is 0 Å². The summed E-state index contributed by atoms with van der Waals surface area (Å²) in [5.74, 6) is 0.872. The molecule has 1 atom stereocenters. The number of hydrogen-bond acceptors (Lipinski definition) is 4. The summed E-state index contributed by atoms with van der Waals surface area (Å²) in [4.78, 5) is 7.37. The van der Waals surface area contributed by atoms with E-state index in [4.69, 9.17) is 9.73 Å². The van der Waals surface area contributed by atoms with Crippen LogP contribution in [-0.2, 0) is 11.3 Å². The molecule has 2 aromatic rings. The van der Waals surface area contributed by atoms with Gasteiger partial charge in [0.15, 0.2) is 5.96 Å². The number of aryl methyl sites for hydroxylation is 1. The Morgan fingerprint density at radius 1 is 1.18 bits per heavy atom. The lowest BCUT2D eigenvalue weighted by Crippen LogP contribution is -2.42. The number of aliphatic imine (C=N–C) groups is 1. The summed E-state index contributed by atoms with van der Waals surface area (Å²) < 4.78 is 7.49. The molecule has 2 N–H and O–H groups in total. The predicted molar refractivity (Wildman–Crippen MR) is 112 cm³/mol. The van der Waals surface area contributed by atoms with Crippen molar-refractivity contribution in [2.45, 2.75) is 25.9 Å². The van der Waals surface area contributed by atoms with Gasteiger partial charge in [-0.2, -0.15) is 5.10 Å². The molecule has 2 heterocycles. The molecule has 0 radical (unpaired) electrons. The number of hydrogen-bond donors (Lipinski definition) is 2. The standard InChI is InChI=1S/C21H32N6O/c1-2-22-21(23-10-6-12-27-13-7-11-25-27)24-18-20(19-8-4-3-5-9-19)26-14-16-28-17-15-26/h3-5,7-9,11,13,20H,2,6,10,12,14-18H2,1H3,(H2,22,23,24). The van der Waals surface area contributed by atoms with Gasteiger partial charge in [-0.25, -0.2) is 0 Å². The molecule has 1 aliphatic rings. The monoisotopic (exact) mass is 384 g/mol. The van der Waals surface area contributed by atoms with E-state index in [0.29, 0.717) is 0 Å². The van der Waals surface area contributed by atoms with E-state index >= 15 is 0 Å². The van der Waals surface area contributed by atoms with Gasteiger partial charge in [-0.1, -0.05) is 30.3 Å². The van der Waals surface area contributed by atoms with Crippen LogP contribution in [0.4, 0.5) is 0 Å². The summed E-state index contributed by atoms with van der Waals surface area (Å²) in [6, 6.07) is 12.9. The highest BCUT2D eigenvalue weighted by Gasteiger charge is 2.22. The zero-order chi connectivity index (χ0) is 19.4. The molecular weight excluding hydrogens is 352 g/mol. The molecule has 7 heteroatoms. The van der Waals surface area contributed by atoms with Gasteiger partial charge in [0, 0.05) is 45.1 Å². The van der Waals surface area contributed by atoms with Crippen molar-refractivity contribution < 1.29 is 4.74 Å². The van der Waals surface area contributed by atoms with Gasteiger partial charge in [-0.3, -0.25) is 14.6 Å². The Bertz CT molecular complexity index is 682. The molecule has 152 valence electrons. The van der Waals surface area contributed by atoms with Crippen LogP contribution in [0.25, 0.3) is 0 Å². The first-order valence-electron chi connectivity index (χ1n) is 10.2. The minimum absolute atomic E-state index is 0.268. The zero-order valence-corrected chi connectivity index (χ0v) is 16.8. The lowest BCUT2D eigenvalue weighted by Gasteiger charge is -2.34. The van der Waals surface area contributed by atoms with Gasteiger partial charge in [0.2, 0.25) is 0 Å². The molecule has 3 rings (SSSR count). The second kappa shape index (κ2) is 11.5. The predicted octanol–water partition coefficient (Wildman–Crippen LogP) is 1.90. The Morgan fingerprint density at radius 2 is 2.00 bits per heavy atom. The van der Waals surface area contributed by atoms with Crippen LogP contribution in [-0.4, -0.2) is 66.6 Å². The van der Waals surface area contributed by atoms with Gasteiger partial charge in [0.05, 0.1) is 25.8 Å². The highest BCUT2D eigenvalue weighted by Crippen LogP contribution is 2.22. The average molecular weight is 385 g/mol. The van der Waals surface area contributed by atoms with E-state index < -0.39 is 0 Å². The second-order valence-electron chi connectivity index (χ2n) is 6.84. The number of rotatable bonds is 9. The first-order chi connectivity index (χ1) is 13.9. The summed E-state index contributed by atoms with van der Waals surface area (Å²) in [6.07, 6.45) is 4.80.